The number of unbranched alkanes of at least 4 members (excludes halogenated alkanes) is 1. The highest BCUT2D eigenvalue weighted by molar-refractivity contribution is 9.10. The van der Waals surface area contributed by atoms with Gasteiger partial charge in [-0.1, -0.05) is 50.6 Å². The van der Waals surface area contributed by atoms with Crippen molar-refractivity contribution in [1.29, 1.82) is 0 Å². The van der Waals surface area contributed by atoms with Crippen LogP contribution < -0.4 is 5.32 Å². The zero-order valence-corrected chi connectivity index (χ0v) is 15.3. The third-order valence-corrected chi connectivity index (χ3v) is 4.40. The maximum atomic E-state index is 11.9. The van der Waals surface area contributed by atoms with Gasteiger partial charge in [-0.15, -0.1) is 0 Å². The van der Waals surface area contributed by atoms with Crippen LogP contribution in [0.15, 0.2) is 34.8 Å². The summed E-state index contributed by atoms with van der Waals surface area (Å²) in [5.41, 5.74) is 3.85. The van der Waals surface area contributed by atoms with E-state index in [1.54, 1.807) is 0 Å². The van der Waals surface area contributed by atoms with Gasteiger partial charge in [-0.05, 0) is 34.8 Å². The van der Waals surface area contributed by atoms with E-state index in [9.17, 15) is 4.79 Å². The van der Waals surface area contributed by atoms with Crippen molar-refractivity contribution in [2.45, 2.75) is 40.0 Å². The fraction of sp³-hybridized carbons (Fsp3) is 0.333. The third kappa shape index (κ3) is 4.10. The predicted octanol–water partition coefficient (Wildman–Crippen LogP) is 5.33. The van der Waals surface area contributed by atoms with Crippen molar-refractivity contribution >= 4 is 33.2 Å². The van der Waals surface area contributed by atoms with Crippen molar-refractivity contribution in [2.75, 3.05) is 5.32 Å². The van der Waals surface area contributed by atoms with Gasteiger partial charge in [0.25, 0.3) is 0 Å². The van der Waals surface area contributed by atoms with Crippen LogP contribution >= 0.6 is 15.9 Å². The molecule has 4 nitrogen and oxygen atoms in total. The van der Waals surface area contributed by atoms with Crippen molar-refractivity contribution in [3.8, 4) is 0 Å². The van der Waals surface area contributed by atoms with E-state index in [1.807, 2.05) is 19.1 Å². The van der Waals surface area contributed by atoms with Gasteiger partial charge in [-0.25, -0.2) is 0 Å². The number of Topliss-reactive ketones (excluding diaryl/α,β-unsaturated/α-hetero) is 1. The lowest BCUT2D eigenvalue weighted by atomic mass is 10.0. The maximum Gasteiger partial charge on any atom is 0.181 e. The first-order valence-corrected chi connectivity index (χ1v) is 8.68. The summed E-state index contributed by atoms with van der Waals surface area (Å²) in [5.74, 6) is 0.666. The topological polar surface area (TPSA) is 57.8 Å². The Morgan fingerprint density at radius 2 is 2.09 bits per heavy atom. The molecule has 0 spiro atoms. The van der Waals surface area contributed by atoms with Crippen LogP contribution in [-0.4, -0.2) is 16.0 Å². The zero-order chi connectivity index (χ0) is 16.8. The molecule has 0 fully saturated rings. The third-order valence-electron chi connectivity index (χ3n) is 3.63. The number of aryl methyl sites for hydroxylation is 1. The predicted molar refractivity (Wildman–Crippen MR) is 98.6 cm³/mol. The number of nitrogens with zero attached hydrogens (tertiary/aromatic N) is 1. The molecule has 122 valence electrons. The Kier molecular flexibility index (Phi) is 6.16. The highest BCUT2D eigenvalue weighted by atomic mass is 79.9. The Morgan fingerprint density at radius 1 is 1.35 bits per heavy atom. The quantitative estimate of drug-likeness (QED) is 0.643. The van der Waals surface area contributed by atoms with Crippen LogP contribution in [0.5, 0.6) is 0 Å². The largest absolute Gasteiger partial charge is 0.338 e. The van der Waals surface area contributed by atoms with Gasteiger partial charge in [0.1, 0.15) is 5.69 Å². The van der Waals surface area contributed by atoms with Gasteiger partial charge >= 0.3 is 0 Å². The van der Waals surface area contributed by atoms with Gasteiger partial charge in [0.2, 0.25) is 0 Å². The molecule has 0 bridgehead atoms. The van der Waals surface area contributed by atoms with Crippen LogP contribution in [0.3, 0.4) is 0 Å². The molecule has 1 aromatic heterocycles. The van der Waals surface area contributed by atoms with Gasteiger partial charge in [-0.3, -0.25) is 9.89 Å². The summed E-state index contributed by atoms with van der Waals surface area (Å²) in [6.07, 6.45) is 4.65. The number of rotatable bonds is 7. The average molecular weight is 376 g/mol. The number of allylic oxidation sites excluding steroid dienone is 1. The lowest BCUT2D eigenvalue weighted by Gasteiger charge is -2.12. The second-order valence-corrected chi connectivity index (χ2v) is 6.18. The Morgan fingerprint density at radius 3 is 2.74 bits per heavy atom. The number of aromatic amines is 1. The van der Waals surface area contributed by atoms with Crippen molar-refractivity contribution in [2.24, 2.45) is 0 Å². The molecule has 23 heavy (non-hydrogen) atoms. The van der Waals surface area contributed by atoms with Crippen molar-refractivity contribution < 1.29 is 4.79 Å². The number of nitrogens with one attached hydrogen (secondary N) is 2. The summed E-state index contributed by atoms with van der Waals surface area (Å²) in [7, 11) is 0. The van der Waals surface area contributed by atoms with Gasteiger partial charge in [0.05, 0.1) is 4.47 Å². The number of H-pyrrole nitrogens is 1. The van der Waals surface area contributed by atoms with Crippen molar-refractivity contribution in [3.63, 3.8) is 0 Å². The Bertz CT molecular complexity index is 719. The number of halogens is 1. The summed E-state index contributed by atoms with van der Waals surface area (Å²) in [6, 6.07) is 8.22. The van der Waals surface area contributed by atoms with Gasteiger partial charge in [0, 0.05) is 17.7 Å². The molecular weight excluding hydrogens is 354 g/mol. The number of aromatic nitrogens is 2. The number of ketones is 1. The van der Waals surface area contributed by atoms with Crippen molar-refractivity contribution in [1.82, 2.24) is 10.2 Å². The average Bonchev–Trinajstić information content (AvgIpc) is 2.92. The molecular formula is C18H22BrN3O. The number of benzene rings is 1. The fourth-order valence-corrected chi connectivity index (χ4v) is 2.79. The van der Waals surface area contributed by atoms with Crippen LogP contribution in [0.25, 0.3) is 5.70 Å². The van der Waals surface area contributed by atoms with E-state index in [4.69, 9.17) is 0 Å². The van der Waals surface area contributed by atoms with Crippen LogP contribution in [0.1, 0.15) is 54.7 Å². The van der Waals surface area contributed by atoms with Gasteiger partial charge in [0.15, 0.2) is 11.6 Å². The molecule has 0 unspecified atom stereocenters. The van der Waals surface area contributed by atoms with E-state index in [1.165, 1.54) is 5.56 Å². The summed E-state index contributed by atoms with van der Waals surface area (Å²) >= 11 is 3.48. The molecule has 5 heteroatoms. The second-order valence-electron chi connectivity index (χ2n) is 5.38. The minimum absolute atomic E-state index is 0.0346. The molecule has 0 amide bonds. The summed E-state index contributed by atoms with van der Waals surface area (Å²) in [4.78, 5) is 11.9. The standard InChI is InChI=1S/C18H22BrN3O/c1-4-6-11-14(13-10-8-7-9-12(13)3)20-18-16(19)17(21-22-18)15(23)5-2/h7-11H,4-6H2,1-3H3,(H2,20,21,22). The number of carbonyl (C=O) groups is 1. The molecule has 0 radical (unpaired) electrons. The molecule has 0 aliphatic heterocycles. The molecule has 0 saturated carbocycles. The zero-order valence-electron chi connectivity index (χ0n) is 13.7. The van der Waals surface area contributed by atoms with E-state index in [-0.39, 0.29) is 5.78 Å². The van der Waals surface area contributed by atoms with Crippen LogP contribution in [0.2, 0.25) is 0 Å². The van der Waals surface area contributed by atoms with Crippen LogP contribution in [0, 0.1) is 6.92 Å². The first-order valence-electron chi connectivity index (χ1n) is 7.88. The normalized spacial score (nSPS) is 11.6. The fourth-order valence-electron chi connectivity index (χ4n) is 2.29. The van der Waals surface area contributed by atoms with E-state index < -0.39 is 0 Å². The van der Waals surface area contributed by atoms with E-state index >= 15 is 0 Å². The molecule has 0 aliphatic carbocycles. The monoisotopic (exact) mass is 375 g/mol. The lowest BCUT2D eigenvalue weighted by molar-refractivity contribution is 0.0982. The van der Waals surface area contributed by atoms with E-state index in [0.29, 0.717) is 22.4 Å². The first kappa shape index (κ1) is 17.5. The van der Waals surface area contributed by atoms with E-state index in [2.05, 4.69) is 63.5 Å². The number of anilines is 1. The molecule has 1 heterocycles. The Balaban J connectivity index is 2.35. The minimum Gasteiger partial charge on any atom is -0.338 e. The van der Waals surface area contributed by atoms with Gasteiger partial charge in [-0.2, -0.15) is 5.10 Å². The first-order chi connectivity index (χ1) is 11.1. The highest BCUT2D eigenvalue weighted by Gasteiger charge is 2.17. The minimum atomic E-state index is 0.0346. The molecule has 0 aliphatic rings. The molecule has 0 atom stereocenters. The molecule has 2 N–H and O–H groups in total. The highest BCUT2D eigenvalue weighted by Crippen LogP contribution is 2.29. The number of hydrogen-bond donors (Lipinski definition) is 2. The number of carbonyl (C=O) groups excluding carboxylic acids is 1. The summed E-state index contributed by atoms with van der Waals surface area (Å²) < 4.78 is 0.681. The van der Waals surface area contributed by atoms with Crippen LogP contribution in [-0.2, 0) is 0 Å². The SMILES string of the molecule is CCCC=C(Nc1n[nH]c(C(=O)CC)c1Br)c1ccccc1C. The summed E-state index contributed by atoms with van der Waals surface area (Å²) in [5, 5.41) is 10.4. The van der Waals surface area contributed by atoms with Crippen LogP contribution in [0.4, 0.5) is 5.82 Å². The smallest absolute Gasteiger partial charge is 0.181 e. The Hall–Kier alpha value is -1.88. The summed E-state index contributed by atoms with van der Waals surface area (Å²) in [6.45, 7) is 6.07. The Labute approximate surface area is 145 Å². The van der Waals surface area contributed by atoms with Crippen molar-refractivity contribution in [3.05, 3.63) is 51.6 Å². The van der Waals surface area contributed by atoms with Gasteiger partial charge < -0.3 is 5.32 Å². The molecule has 2 aromatic rings. The molecule has 1 aromatic carbocycles. The molecule has 0 saturated heterocycles. The maximum absolute atomic E-state index is 11.9. The second kappa shape index (κ2) is 8.11. The lowest BCUT2D eigenvalue weighted by Crippen LogP contribution is -2.02. The number of hydrogen-bond acceptors (Lipinski definition) is 3. The molecule has 2 rings (SSSR count). The van der Waals surface area contributed by atoms with E-state index in [0.717, 1.165) is 24.1 Å².